The number of aromatic nitrogens is 1. The molecule has 0 amide bonds. The van der Waals surface area contributed by atoms with E-state index in [1.165, 1.54) is 13.4 Å². The highest BCUT2D eigenvalue weighted by Crippen LogP contribution is 2.25. The highest BCUT2D eigenvalue weighted by Gasteiger charge is 2.09. The molecule has 0 fully saturated rings. The predicted molar refractivity (Wildman–Crippen MR) is 62.8 cm³/mol. The molecule has 0 saturated carbocycles. The van der Waals surface area contributed by atoms with E-state index in [0.717, 1.165) is 5.56 Å². The van der Waals surface area contributed by atoms with Crippen LogP contribution in [0, 0.1) is 11.3 Å². The fourth-order valence-electron chi connectivity index (χ4n) is 1.43. The summed E-state index contributed by atoms with van der Waals surface area (Å²) in [7, 11) is 1.52. The molecule has 0 unspecified atom stereocenters. The summed E-state index contributed by atoms with van der Waals surface area (Å²) in [6.45, 7) is 0. The molecule has 2 aromatic rings. The molecule has 1 aromatic heterocycles. The van der Waals surface area contributed by atoms with Gasteiger partial charge in [0, 0.05) is 5.56 Å². The van der Waals surface area contributed by atoms with Gasteiger partial charge in [-0.25, -0.2) is 4.98 Å². The number of halogens is 1. The second-order valence-corrected chi connectivity index (χ2v) is 3.57. The summed E-state index contributed by atoms with van der Waals surface area (Å²) in [5.74, 6) is 1.27. The van der Waals surface area contributed by atoms with Gasteiger partial charge in [-0.2, -0.15) is 5.26 Å². The summed E-state index contributed by atoms with van der Waals surface area (Å²) in [6.07, 6.45) is 1.50. The highest BCUT2D eigenvalue weighted by molar-refractivity contribution is 6.16. The third kappa shape index (κ3) is 2.24. The summed E-state index contributed by atoms with van der Waals surface area (Å²) in [5.41, 5.74) is 1.82. The normalized spacial score (nSPS) is 9.94. The van der Waals surface area contributed by atoms with Gasteiger partial charge in [-0.3, -0.25) is 0 Å². The molecule has 1 heterocycles. The second kappa shape index (κ2) is 4.89. The van der Waals surface area contributed by atoms with Crippen LogP contribution in [0.4, 0.5) is 0 Å². The molecule has 0 N–H and O–H groups in total. The zero-order valence-electron chi connectivity index (χ0n) is 9.11. The van der Waals surface area contributed by atoms with E-state index in [0.29, 0.717) is 28.8 Å². The molecule has 17 heavy (non-hydrogen) atoms. The zero-order valence-corrected chi connectivity index (χ0v) is 9.86. The molecule has 0 radical (unpaired) electrons. The fraction of sp³-hybridized carbons (Fsp3) is 0.167. The maximum atomic E-state index is 8.97. The maximum Gasteiger partial charge on any atom is 0.226 e. The Hall–Kier alpha value is -1.99. The van der Waals surface area contributed by atoms with Crippen LogP contribution >= 0.6 is 11.6 Å². The number of alkyl halides is 1. The van der Waals surface area contributed by atoms with E-state index in [4.69, 9.17) is 26.0 Å². The van der Waals surface area contributed by atoms with Crippen molar-refractivity contribution < 1.29 is 9.15 Å². The van der Waals surface area contributed by atoms with Crippen molar-refractivity contribution in [2.24, 2.45) is 0 Å². The summed E-state index contributed by atoms with van der Waals surface area (Å²) >= 11 is 5.64. The Morgan fingerprint density at radius 3 is 2.94 bits per heavy atom. The smallest absolute Gasteiger partial charge is 0.226 e. The molecule has 0 aliphatic heterocycles. The van der Waals surface area contributed by atoms with E-state index in [-0.39, 0.29) is 0 Å². The standard InChI is InChI=1S/C12H9ClN2O2/c1-16-11-3-2-8(4-9(11)6-14)12-15-10(5-13)7-17-12/h2-4,7H,5H2,1H3. The van der Waals surface area contributed by atoms with E-state index in [9.17, 15) is 0 Å². The van der Waals surface area contributed by atoms with Crippen molar-refractivity contribution in [3.63, 3.8) is 0 Å². The lowest BCUT2D eigenvalue weighted by atomic mass is 10.1. The van der Waals surface area contributed by atoms with Gasteiger partial charge < -0.3 is 9.15 Å². The minimum absolute atomic E-state index is 0.296. The Morgan fingerprint density at radius 1 is 1.53 bits per heavy atom. The number of methoxy groups -OCH3 is 1. The summed E-state index contributed by atoms with van der Waals surface area (Å²) < 4.78 is 10.3. The quantitative estimate of drug-likeness (QED) is 0.784. The minimum Gasteiger partial charge on any atom is -0.495 e. The molecule has 0 spiro atoms. The third-order valence-electron chi connectivity index (χ3n) is 2.26. The molecule has 0 bridgehead atoms. The van der Waals surface area contributed by atoms with Crippen molar-refractivity contribution in [3.8, 4) is 23.3 Å². The average Bonchev–Trinajstić information content (AvgIpc) is 2.86. The van der Waals surface area contributed by atoms with Gasteiger partial charge in [0.05, 0.1) is 24.2 Å². The molecule has 0 aliphatic rings. The van der Waals surface area contributed by atoms with Crippen molar-refractivity contribution in [3.05, 3.63) is 35.7 Å². The van der Waals surface area contributed by atoms with Crippen LogP contribution in [0.2, 0.25) is 0 Å². The van der Waals surface area contributed by atoms with Gasteiger partial charge in [-0.05, 0) is 18.2 Å². The SMILES string of the molecule is COc1ccc(-c2nc(CCl)co2)cc1C#N. The first-order valence-electron chi connectivity index (χ1n) is 4.87. The second-order valence-electron chi connectivity index (χ2n) is 3.30. The largest absolute Gasteiger partial charge is 0.495 e. The van der Waals surface area contributed by atoms with E-state index in [2.05, 4.69) is 11.1 Å². The number of ether oxygens (including phenoxy) is 1. The van der Waals surface area contributed by atoms with Gasteiger partial charge in [0.15, 0.2) is 0 Å². The number of rotatable bonds is 3. The topological polar surface area (TPSA) is 59.1 Å². The zero-order chi connectivity index (χ0) is 12.3. The van der Waals surface area contributed by atoms with E-state index in [1.54, 1.807) is 18.2 Å². The molecular formula is C12H9ClN2O2. The number of hydrogen-bond donors (Lipinski definition) is 0. The Balaban J connectivity index is 2.43. The lowest BCUT2D eigenvalue weighted by Gasteiger charge is -2.03. The van der Waals surface area contributed by atoms with Gasteiger partial charge in [-0.15, -0.1) is 11.6 Å². The monoisotopic (exact) mass is 248 g/mol. The molecule has 5 heteroatoms. The Labute approximate surface area is 103 Å². The van der Waals surface area contributed by atoms with Gasteiger partial charge in [-0.1, -0.05) is 0 Å². The predicted octanol–water partition coefficient (Wildman–Crippen LogP) is 2.96. The first kappa shape index (κ1) is 11.5. The van der Waals surface area contributed by atoms with Crippen LogP contribution in [-0.4, -0.2) is 12.1 Å². The van der Waals surface area contributed by atoms with E-state index in [1.807, 2.05) is 0 Å². The number of nitriles is 1. The average molecular weight is 249 g/mol. The molecule has 0 saturated heterocycles. The number of benzene rings is 1. The van der Waals surface area contributed by atoms with Crippen LogP contribution in [0.25, 0.3) is 11.5 Å². The summed E-state index contributed by atoms with van der Waals surface area (Å²) in [5, 5.41) is 8.97. The van der Waals surface area contributed by atoms with Crippen molar-refractivity contribution in [2.75, 3.05) is 7.11 Å². The maximum absolute atomic E-state index is 8.97. The molecule has 2 rings (SSSR count). The van der Waals surface area contributed by atoms with Crippen LogP contribution in [0.3, 0.4) is 0 Å². The van der Waals surface area contributed by atoms with Crippen LogP contribution in [-0.2, 0) is 5.88 Å². The summed E-state index contributed by atoms with van der Waals surface area (Å²) in [6, 6.07) is 7.21. The Bertz CT molecular complexity index is 572. The lowest BCUT2D eigenvalue weighted by Crippen LogP contribution is -1.89. The van der Waals surface area contributed by atoms with Gasteiger partial charge >= 0.3 is 0 Å². The van der Waals surface area contributed by atoms with Crippen molar-refractivity contribution >= 4 is 11.6 Å². The Kier molecular flexibility index (Phi) is 3.31. The molecule has 1 aromatic carbocycles. The van der Waals surface area contributed by atoms with E-state index < -0.39 is 0 Å². The first-order valence-corrected chi connectivity index (χ1v) is 5.41. The number of oxazole rings is 1. The highest BCUT2D eigenvalue weighted by atomic mass is 35.5. The molecular weight excluding hydrogens is 240 g/mol. The van der Waals surface area contributed by atoms with Gasteiger partial charge in [0.2, 0.25) is 5.89 Å². The number of nitrogens with zero attached hydrogens (tertiary/aromatic N) is 2. The first-order chi connectivity index (χ1) is 8.28. The van der Waals surface area contributed by atoms with Gasteiger partial charge in [0.1, 0.15) is 18.1 Å². The van der Waals surface area contributed by atoms with E-state index >= 15 is 0 Å². The third-order valence-corrected chi connectivity index (χ3v) is 2.53. The lowest BCUT2D eigenvalue weighted by molar-refractivity contribution is 0.413. The fourth-order valence-corrected chi connectivity index (χ4v) is 1.55. The molecule has 0 atom stereocenters. The molecule has 4 nitrogen and oxygen atoms in total. The van der Waals surface area contributed by atoms with Crippen molar-refractivity contribution in [1.29, 1.82) is 5.26 Å². The van der Waals surface area contributed by atoms with Crippen molar-refractivity contribution in [2.45, 2.75) is 5.88 Å². The van der Waals surface area contributed by atoms with Gasteiger partial charge in [0.25, 0.3) is 0 Å². The molecule has 0 aliphatic carbocycles. The van der Waals surface area contributed by atoms with Crippen LogP contribution in [0.1, 0.15) is 11.3 Å². The minimum atomic E-state index is 0.296. The Morgan fingerprint density at radius 2 is 2.35 bits per heavy atom. The van der Waals surface area contributed by atoms with Crippen LogP contribution in [0.5, 0.6) is 5.75 Å². The van der Waals surface area contributed by atoms with Crippen LogP contribution < -0.4 is 4.74 Å². The summed E-state index contributed by atoms with van der Waals surface area (Å²) in [4.78, 5) is 4.18. The van der Waals surface area contributed by atoms with Crippen molar-refractivity contribution in [1.82, 2.24) is 4.98 Å². The molecule has 86 valence electrons. The number of hydrogen-bond acceptors (Lipinski definition) is 4. The van der Waals surface area contributed by atoms with Crippen LogP contribution in [0.15, 0.2) is 28.9 Å².